The van der Waals surface area contributed by atoms with Crippen molar-refractivity contribution in [2.24, 2.45) is 28.6 Å². The quantitative estimate of drug-likeness (QED) is 0.510. The third kappa shape index (κ3) is 2.54. The van der Waals surface area contributed by atoms with Gasteiger partial charge in [0, 0.05) is 19.3 Å². The average Bonchev–Trinajstić information content (AvgIpc) is 3.32. The zero-order valence-corrected chi connectivity index (χ0v) is 17.8. The normalized spacial score (nSPS) is 54.0. The molecule has 2 saturated carbocycles. The summed E-state index contributed by atoms with van der Waals surface area (Å²) in [5.41, 5.74) is -2.09. The van der Waals surface area contributed by atoms with E-state index in [0.29, 0.717) is 38.9 Å². The third-order valence-electron chi connectivity index (χ3n) is 9.15. The fourth-order valence-electron chi connectivity index (χ4n) is 7.37. The van der Waals surface area contributed by atoms with Crippen molar-refractivity contribution in [2.75, 3.05) is 13.2 Å². The Morgan fingerprint density at radius 1 is 1.33 bits per heavy atom. The van der Waals surface area contributed by atoms with Crippen LogP contribution in [0.2, 0.25) is 0 Å². The summed E-state index contributed by atoms with van der Waals surface area (Å²) in [7, 11) is 0. The second-order valence-electron chi connectivity index (χ2n) is 10.3. The minimum Gasteiger partial charge on any atom is -0.465 e. The number of hydrogen-bond acceptors (Lipinski definition) is 8. The molecule has 2 bridgehead atoms. The van der Waals surface area contributed by atoms with E-state index < -0.39 is 35.5 Å². The van der Waals surface area contributed by atoms with E-state index in [4.69, 9.17) is 18.9 Å². The Kier molecular flexibility index (Phi) is 4.57. The second-order valence-corrected chi connectivity index (χ2v) is 10.3. The number of epoxide rings is 1. The number of fused-ring (bicyclic) bond motifs is 1. The summed E-state index contributed by atoms with van der Waals surface area (Å²) in [4.78, 5) is 24.0. The molecule has 8 nitrogen and oxygen atoms in total. The van der Waals surface area contributed by atoms with Gasteiger partial charge < -0.3 is 29.2 Å². The lowest BCUT2D eigenvalue weighted by molar-refractivity contribution is -0.381. The van der Waals surface area contributed by atoms with Crippen LogP contribution in [-0.2, 0) is 28.5 Å². The number of ether oxygens (including phenoxy) is 4. The highest BCUT2D eigenvalue weighted by molar-refractivity contribution is 5.74. The van der Waals surface area contributed by atoms with E-state index in [9.17, 15) is 19.8 Å². The summed E-state index contributed by atoms with van der Waals surface area (Å²) in [5, 5.41) is 22.7. The van der Waals surface area contributed by atoms with E-state index in [0.717, 1.165) is 6.42 Å². The predicted octanol–water partition coefficient (Wildman–Crippen LogP) is 1.16. The molecule has 10 atom stereocenters. The van der Waals surface area contributed by atoms with Gasteiger partial charge in [-0.2, -0.15) is 0 Å². The van der Waals surface area contributed by atoms with Crippen LogP contribution in [0.5, 0.6) is 0 Å². The third-order valence-corrected chi connectivity index (χ3v) is 9.15. The molecular weight excluding hydrogens is 392 g/mol. The molecule has 168 valence electrons. The molecule has 30 heavy (non-hydrogen) atoms. The van der Waals surface area contributed by atoms with Crippen molar-refractivity contribution in [2.45, 2.75) is 83.1 Å². The Balaban J connectivity index is 1.55. The van der Waals surface area contributed by atoms with Crippen LogP contribution in [0.4, 0.5) is 0 Å². The van der Waals surface area contributed by atoms with Crippen LogP contribution in [0, 0.1) is 28.6 Å². The van der Waals surface area contributed by atoms with E-state index >= 15 is 0 Å². The van der Waals surface area contributed by atoms with Gasteiger partial charge >= 0.3 is 11.9 Å². The first-order valence-electron chi connectivity index (χ1n) is 11.1. The van der Waals surface area contributed by atoms with Gasteiger partial charge in [0.2, 0.25) is 0 Å². The number of carbonyl (C=O) groups is 2. The van der Waals surface area contributed by atoms with Crippen LogP contribution in [0.3, 0.4) is 0 Å². The Morgan fingerprint density at radius 3 is 2.67 bits per heavy atom. The number of hydrogen-bond donors (Lipinski definition) is 2. The molecule has 0 unspecified atom stereocenters. The first kappa shape index (κ1) is 20.7. The Hall–Kier alpha value is -1.22. The molecule has 2 aliphatic carbocycles. The minimum atomic E-state index is -1.19. The van der Waals surface area contributed by atoms with Crippen LogP contribution < -0.4 is 0 Å². The monoisotopic (exact) mass is 424 g/mol. The van der Waals surface area contributed by atoms with Crippen LogP contribution in [0.25, 0.3) is 0 Å². The van der Waals surface area contributed by atoms with Crippen molar-refractivity contribution in [3.05, 3.63) is 0 Å². The average molecular weight is 424 g/mol. The summed E-state index contributed by atoms with van der Waals surface area (Å²) in [5.74, 6) is -0.981. The van der Waals surface area contributed by atoms with Gasteiger partial charge in [-0.15, -0.1) is 0 Å². The molecule has 2 N–H and O–H groups in total. The molecule has 4 heterocycles. The lowest BCUT2D eigenvalue weighted by atomic mass is 9.40. The summed E-state index contributed by atoms with van der Waals surface area (Å²) in [6.07, 6.45) is 0.245. The van der Waals surface area contributed by atoms with Crippen LogP contribution >= 0.6 is 0 Å². The maximum Gasteiger partial charge on any atom is 0.309 e. The molecule has 8 heteroatoms. The number of carbonyl (C=O) groups excluding carboxylic acids is 2. The molecule has 0 aromatic heterocycles. The zero-order chi connectivity index (χ0) is 21.5. The maximum atomic E-state index is 12.1. The maximum absolute atomic E-state index is 12.1. The molecular formula is C22H32O8. The zero-order valence-electron chi connectivity index (χ0n) is 17.8. The molecule has 0 radical (unpaired) electrons. The Morgan fingerprint density at radius 2 is 2.07 bits per heavy atom. The van der Waals surface area contributed by atoms with Crippen LogP contribution in [0.1, 0.15) is 52.9 Å². The van der Waals surface area contributed by atoms with Gasteiger partial charge in [0.05, 0.1) is 30.7 Å². The van der Waals surface area contributed by atoms with E-state index in [1.165, 1.54) is 6.92 Å². The van der Waals surface area contributed by atoms with E-state index in [2.05, 4.69) is 6.92 Å². The molecule has 0 aromatic carbocycles. The molecule has 6 aliphatic rings. The van der Waals surface area contributed by atoms with E-state index in [1.807, 2.05) is 6.92 Å². The summed E-state index contributed by atoms with van der Waals surface area (Å²) in [6, 6.07) is 0. The fraction of sp³-hybridized carbons (Fsp3) is 0.909. The molecule has 4 aliphatic heterocycles. The van der Waals surface area contributed by atoms with Crippen molar-refractivity contribution >= 4 is 11.9 Å². The smallest absolute Gasteiger partial charge is 0.309 e. The fourth-order valence-corrected chi connectivity index (χ4v) is 7.37. The van der Waals surface area contributed by atoms with Crippen LogP contribution in [-0.4, -0.2) is 65.6 Å². The van der Waals surface area contributed by atoms with Gasteiger partial charge in [0.1, 0.15) is 17.8 Å². The lowest BCUT2D eigenvalue weighted by Crippen LogP contribution is -2.78. The minimum absolute atomic E-state index is 0.0794. The van der Waals surface area contributed by atoms with Crippen molar-refractivity contribution in [3.8, 4) is 0 Å². The van der Waals surface area contributed by atoms with Gasteiger partial charge in [-0.1, -0.05) is 13.8 Å². The van der Waals surface area contributed by atoms with E-state index in [1.54, 1.807) is 0 Å². The van der Waals surface area contributed by atoms with Gasteiger partial charge in [-0.3, -0.25) is 9.59 Å². The lowest BCUT2D eigenvalue weighted by Gasteiger charge is -2.69. The SMILES string of the molecule is CC(=O)O[C@@H]1[C@@H](C)[C@](C)(CC[C@H]2CCOC2=O)[C@H]2C[C@@H]3C[C@]4(CO4)[C@]2([C@@H](O)O3)[C@H]1O. The Bertz CT molecular complexity index is 749. The molecule has 4 saturated heterocycles. The summed E-state index contributed by atoms with van der Waals surface area (Å²) >= 11 is 0. The molecule has 0 amide bonds. The standard InChI is InChI=1S/C22H32O8/c1-11-16(29-12(2)23)17(24)22-15(8-14(30-19(22)26)9-21(22)10-28-21)20(11,3)6-4-13-5-7-27-18(13)25/h11,13-17,19,24,26H,4-10H2,1-3H3/t11-,13+,14-,15-,16-,17+,19+,20+,21+,22+/m1/s1. The summed E-state index contributed by atoms with van der Waals surface area (Å²) < 4.78 is 22.6. The Labute approximate surface area is 176 Å². The van der Waals surface area contributed by atoms with Crippen LogP contribution in [0.15, 0.2) is 0 Å². The number of aliphatic hydroxyl groups is 2. The van der Waals surface area contributed by atoms with Gasteiger partial charge in [0.25, 0.3) is 0 Å². The van der Waals surface area contributed by atoms with Crippen molar-refractivity contribution in [1.82, 2.24) is 0 Å². The predicted molar refractivity (Wildman–Crippen MR) is 102 cm³/mol. The van der Waals surface area contributed by atoms with Crippen molar-refractivity contribution in [1.29, 1.82) is 0 Å². The highest BCUT2D eigenvalue weighted by Gasteiger charge is 2.82. The first-order chi connectivity index (χ1) is 14.2. The van der Waals surface area contributed by atoms with Gasteiger partial charge in [0.15, 0.2) is 6.29 Å². The number of aliphatic hydroxyl groups excluding tert-OH is 2. The molecule has 2 spiro atoms. The molecule has 6 rings (SSSR count). The second kappa shape index (κ2) is 6.64. The number of rotatable bonds is 4. The highest BCUT2D eigenvalue weighted by Crippen LogP contribution is 2.72. The van der Waals surface area contributed by atoms with Gasteiger partial charge in [-0.05, 0) is 37.0 Å². The summed E-state index contributed by atoms with van der Waals surface area (Å²) in [6.45, 7) is 6.42. The van der Waals surface area contributed by atoms with Gasteiger partial charge in [-0.25, -0.2) is 0 Å². The molecule has 6 fully saturated rings. The van der Waals surface area contributed by atoms with Crippen molar-refractivity contribution < 1.29 is 38.7 Å². The topological polar surface area (TPSA) is 115 Å². The number of esters is 2. The largest absolute Gasteiger partial charge is 0.465 e. The number of cyclic esters (lactones) is 1. The molecule has 0 aromatic rings. The highest BCUT2D eigenvalue weighted by atomic mass is 16.6. The van der Waals surface area contributed by atoms with E-state index in [-0.39, 0.29) is 35.2 Å². The van der Waals surface area contributed by atoms with Crippen molar-refractivity contribution in [3.63, 3.8) is 0 Å². The first-order valence-corrected chi connectivity index (χ1v) is 11.1.